The highest BCUT2D eigenvalue weighted by Gasteiger charge is 2.38. The van der Waals surface area contributed by atoms with E-state index in [1.807, 2.05) is 0 Å². The lowest BCUT2D eigenvalue weighted by atomic mass is 9.93. The third-order valence-corrected chi connectivity index (χ3v) is 5.74. The zero-order valence-corrected chi connectivity index (χ0v) is 14.4. The van der Waals surface area contributed by atoms with Gasteiger partial charge in [-0.3, -0.25) is 4.90 Å². The Morgan fingerprint density at radius 1 is 1.23 bits per heavy atom. The molecule has 3 heterocycles. The first-order chi connectivity index (χ1) is 12.6. The van der Waals surface area contributed by atoms with Gasteiger partial charge in [0.2, 0.25) is 0 Å². The summed E-state index contributed by atoms with van der Waals surface area (Å²) < 4.78 is 33.4. The topological polar surface area (TPSA) is 67.2 Å². The second-order valence-electron chi connectivity index (χ2n) is 7.70. The largest absolute Gasteiger partial charge is 0.370 e. The van der Waals surface area contributed by atoms with E-state index in [1.54, 1.807) is 0 Å². The molecule has 2 aliphatic heterocycles. The molecular weight excluding hydrogens is 338 g/mol. The first-order valence-electron chi connectivity index (χ1n) is 9.22. The molecular formula is C19H22F2N4O. The van der Waals surface area contributed by atoms with Crippen LogP contribution in [0.3, 0.4) is 0 Å². The fourth-order valence-corrected chi connectivity index (χ4v) is 4.14. The Morgan fingerprint density at radius 3 is 2.81 bits per heavy atom. The zero-order chi connectivity index (χ0) is 17.8. The number of aromatic nitrogens is 2. The molecule has 2 aromatic rings. The summed E-state index contributed by atoms with van der Waals surface area (Å²) in [6.07, 6.45) is 2.54. The quantitative estimate of drug-likeness (QED) is 0.883. The first kappa shape index (κ1) is 16.4. The van der Waals surface area contributed by atoms with E-state index in [1.165, 1.54) is 24.6 Å². The predicted octanol–water partition coefficient (Wildman–Crippen LogP) is 2.74. The smallest absolute Gasteiger partial charge is 0.129 e. The number of nitrogens with zero attached hydrogens (tertiary/aromatic N) is 2. The minimum Gasteiger partial charge on any atom is -0.370 e. The Morgan fingerprint density at radius 2 is 2.08 bits per heavy atom. The van der Waals surface area contributed by atoms with Gasteiger partial charge in [-0.1, -0.05) is 0 Å². The lowest BCUT2D eigenvalue weighted by molar-refractivity contribution is -0.0534. The number of rotatable bonds is 3. The van der Waals surface area contributed by atoms with Crippen LogP contribution in [-0.4, -0.2) is 33.6 Å². The molecule has 3 aliphatic rings. The SMILES string of the molecule is N[C@H]1C[C@@H](N2Cc3nc(C4CC4)[nH]c3C2)CO[C@@H]1c1cc(F)ccc1F. The fraction of sp³-hybridized carbons (Fsp3) is 0.526. The van der Waals surface area contributed by atoms with Crippen molar-refractivity contribution in [2.24, 2.45) is 5.73 Å². The highest BCUT2D eigenvalue weighted by Crippen LogP contribution is 2.40. The fourth-order valence-electron chi connectivity index (χ4n) is 4.14. The highest BCUT2D eigenvalue weighted by molar-refractivity contribution is 5.25. The van der Waals surface area contributed by atoms with Crippen molar-refractivity contribution in [1.82, 2.24) is 14.9 Å². The van der Waals surface area contributed by atoms with Crippen LogP contribution in [0.2, 0.25) is 0 Å². The third-order valence-electron chi connectivity index (χ3n) is 5.74. The van der Waals surface area contributed by atoms with Crippen molar-refractivity contribution in [3.8, 4) is 0 Å². The van der Waals surface area contributed by atoms with Gasteiger partial charge in [0.05, 0.1) is 18.0 Å². The van der Waals surface area contributed by atoms with Crippen LogP contribution in [0.25, 0.3) is 0 Å². The van der Waals surface area contributed by atoms with Crippen molar-refractivity contribution in [2.45, 2.75) is 56.5 Å². The van der Waals surface area contributed by atoms with Crippen molar-refractivity contribution in [3.63, 3.8) is 0 Å². The van der Waals surface area contributed by atoms with Gasteiger partial charge in [-0.05, 0) is 37.5 Å². The lowest BCUT2D eigenvalue weighted by Crippen LogP contribution is -2.47. The van der Waals surface area contributed by atoms with Crippen molar-refractivity contribution in [2.75, 3.05) is 6.61 Å². The van der Waals surface area contributed by atoms with E-state index < -0.39 is 17.7 Å². The maximum atomic E-state index is 14.0. The van der Waals surface area contributed by atoms with E-state index >= 15 is 0 Å². The molecule has 1 aromatic carbocycles. The van der Waals surface area contributed by atoms with Gasteiger partial charge >= 0.3 is 0 Å². The standard InChI is InChI=1S/C19H22F2N4O/c20-11-3-4-14(21)13(5-11)18-15(22)6-12(9-26-18)25-7-16-17(8-25)24-19(23-16)10-1-2-10/h3-5,10,12,15,18H,1-2,6-9,22H2,(H,23,24)/t12-,15+,18-/m1/s1. The summed E-state index contributed by atoms with van der Waals surface area (Å²) >= 11 is 0. The Hall–Kier alpha value is -1.83. The number of H-pyrrole nitrogens is 1. The molecule has 1 saturated heterocycles. The molecule has 138 valence electrons. The molecule has 0 amide bonds. The number of aromatic amines is 1. The summed E-state index contributed by atoms with van der Waals surface area (Å²) in [6.45, 7) is 2.06. The number of halogens is 2. The number of nitrogens with one attached hydrogen (secondary N) is 1. The van der Waals surface area contributed by atoms with Crippen molar-refractivity contribution in [1.29, 1.82) is 0 Å². The molecule has 1 saturated carbocycles. The minimum absolute atomic E-state index is 0.157. The monoisotopic (exact) mass is 360 g/mol. The van der Waals surface area contributed by atoms with E-state index in [0.717, 1.165) is 36.7 Å². The zero-order valence-electron chi connectivity index (χ0n) is 14.4. The number of hydrogen-bond acceptors (Lipinski definition) is 4. The number of nitrogens with two attached hydrogens (primary N) is 1. The van der Waals surface area contributed by atoms with Crippen LogP contribution >= 0.6 is 0 Å². The van der Waals surface area contributed by atoms with Crippen LogP contribution in [0.15, 0.2) is 18.2 Å². The molecule has 26 heavy (non-hydrogen) atoms. The molecule has 3 atom stereocenters. The van der Waals surface area contributed by atoms with Crippen LogP contribution in [0.4, 0.5) is 8.78 Å². The van der Waals surface area contributed by atoms with E-state index in [9.17, 15) is 8.78 Å². The van der Waals surface area contributed by atoms with Gasteiger partial charge < -0.3 is 15.5 Å². The molecule has 5 nitrogen and oxygen atoms in total. The maximum Gasteiger partial charge on any atom is 0.129 e. The average molecular weight is 360 g/mol. The second kappa shape index (κ2) is 6.11. The number of hydrogen-bond donors (Lipinski definition) is 2. The molecule has 0 unspecified atom stereocenters. The molecule has 5 rings (SSSR count). The molecule has 0 radical (unpaired) electrons. The summed E-state index contributed by atoms with van der Waals surface area (Å²) in [6, 6.07) is 3.20. The molecule has 3 N–H and O–H groups in total. The Bertz CT molecular complexity index is 811. The average Bonchev–Trinajstić information content (AvgIpc) is 3.27. The summed E-state index contributed by atoms with van der Waals surface area (Å²) in [5, 5.41) is 0. The van der Waals surface area contributed by atoms with Crippen molar-refractivity contribution < 1.29 is 13.5 Å². The molecule has 1 aromatic heterocycles. The summed E-state index contributed by atoms with van der Waals surface area (Å²) in [7, 11) is 0. The van der Waals surface area contributed by atoms with Crippen LogP contribution in [0.5, 0.6) is 0 Å². The van der Waals surface area contributed by atoms with Gasteiger partial charge in [-0.2, -0.15) is 0 Å². The Balaban J connectivity index is 1.26. The molecule has 0 spiro atoms. The summed E-state index contributed by atoms with van der Waals surface area (Å²) in [5.74, 6) is 0.809. The van der Waals surface area contributed by atoms with E-state index in [0.29, 0.717) is 18.9 Å². The van der Waals surface area contributed by atoms with Gasteiger partial charge in [0.25, 0.3) is 0 Å². The molecule has 1 aliphatic carbocycles. The molecule has 2 fully saturated rings. The lowest BCUT2D eigenvalue weighted by Gasteiger charge is -2.38. The van der Waals surface area contributed by atoms with Crippen LogP contribution in [0.1, 0.15) is 54.1 Å². The van der Waals surface area contributed by atoms with Crippen LogP contribution in [0, 0.1) is 11.6 Å². The first-order valence-corrected chi connectivity index (χ1v) is 9.22. The van der Waals surface area contributed by atoms with E-state index in [-0.39, 0.29) is 17.6 Å². The normalized spacial score (nSPS) is 29.1. The molecule has 7 heteroatoms. The third kappa shape index (κ3) is 2.84. The van der Waals surface area contributed by atoms with E-state index in [4.69, 9.17) is 15.5 Å². The number of ether oxygens (including phenoxy) is 1. The van der Waals surface area contributed by atoms with Gasteiger partial charge in [0.1, 0.15) is 23.6 Å². The molecule has 0 bridgehead atoms. The van der Waals surface area contributed by atoms with Gasteiger partial charge in [0.15, 0.2) is 0 Å². The van der Waals surface area contributed by atoms with Gasteiger partial charge in [0, 0.05) is 36.7 Å². The Labute approximate surface area is 150 Å². The predicted molar refractivity (Wildman–Crippen MR) is 91.2 cm³/mol. The number of fused-ring (bicyclic) bond motifs is 1. The Kier molecular flexibility index (Phi) is 3.84. The summed E-state index contributed by atoms with van der Waals surface area (Å²) in [4.78, 5) is 10.5. The van der Waals surface area contributed by atoms with Crippen molar-refractivity contribution >= 4 is 0 Å². The van der Waals surface area contributed by atoms with Gasteiger partial charge in [-0.25, -0.2) is 13.8 Å². The van der Waals surface area contributed by atoms with Crippen LogP contribution < -0.4 is 5.73 Å². The maximum absolute atomic E-state index is 14.0. The summed E-state index contributed by atoms with van der Waals surface area (Å²) in [5.41, 5.74) is 8.80. The second-order valence-corrected chi connectivity index (χ2v) is 7.70. The van der Waals surface area contributed by atoms with Crippen molar-refractivity contribution in [3.05, 3.63) is 52.6 Å². The van der Waals surface area contributed by atoms with Gasteiger partial charge in [-0.15, -0.1) is 0 Å². The minimum atomic E-state index is -0.609. The van der Waals surface area contributed by atoms with E-state index in [2.05, 4.69) is 9.88 Å². The van der Waals surface area contributed by atoms with Crippen LogP contribution in [-0.2, 0) is 17.8 Å². The highest BCUT2D eigenvalue weighted by atomic mass is 19.1. The number of benzene rings is 1. The number of imidazole rings is 1.